The number of pyridine rings is 1. The number of esters is 1. The molecule has 35 heavy (non-hydrogen) atoms. The standard InChI is InChI=1S/C29H26FNO4/c1-3-14-34-29(33)25-18-26-27(15-19(25)2)31-13-12-28(26)35-24-10-6-21(7-11-24)17-23(32)16-20-4-8-22(30)9-5-20/h4-13,15,18H,3,14,16-17H2,1-2H3. The number of fused-ring (bicyclic) bond motifs is 1. The summed E-state index contributed by atoms with van der Waals surface area (Å²) in [5.74, 6) is 0.531. The van der Waals surface area contributed by atoms with E-state index in [4.69, 9.17) is 9.47 Å². The van der Waals surface area contributed by atoms with Gasteiger partial charge in [0.2, 0.25) is 0 Å². The highest BCUT2D eigenvalue weighted by atomic mass is 19.1. The minimum absolute atomic E-state index is 0.0447. The van der Waals surface area contributed by atoms with Crippen LogP contribution in [0, 0.1) is 12.7 Å². The van der Waals surface area contributed by atoms with Crippen molar-refractivity contribution in [2.24, 2.45) is 0 Å². The lowest BCUT2D eigenvalue weighted by Crippen LogP contribution is -2.08. The van der Waals surface area contributed by atoms with Gasteiger partial charge in [-0.05, 0) is 72.5 Å². The van der Waals surface area contributed by atoms with Crippen LogP contribution in [0.1, 0.15) is 40.4 Å². The summed E-state index contributed by atoms with van der Waals surface area (Å²) >= 11 is 0. The van der Waals surface area contributed by atoms with Crippen LogP contribution in [-0.2, 0) is 22.4 Å². The molecule has 0 bridgehead atoms. The number of aromatic nitrogens is 1. The summed E-state index contributed by atoms with van der Waals surface area (Å²) in [5, 5.41) is 0.708. The molecule has 0 fully saturated rings. The third-order valence-electron chi connectivity index (χ3n) is 5.57. The van der Waals surface area contributed by atoms with Crippen molar-refractivity contribution in [3.05, 3.63) is 101 Å². The first-order valence-corrected chi connectivity index (χ1v) is 11.5. The van der Waals surface area contributed by atoms with E-state index in [1.807, 2.05) is 32.0 Å². The zero-order valence-corrected chi connectivity index (χ0v) is 19.7. The monoisotopic (exact) mass is 471 g/mol. The predicted molar refractivity (Wildman–Crippen MR) is 132 cm³/mol. The van der Waals surface area contributed by atoms with E-state index in [9.17, 15) is 14.0 Å². The lowest BCUT2D eigenvalue weighted by molar-refractivity contribution is -0.117. The van der Waals surface area contributed by atoms with Gasteiger partial charge in [-0.1, -0.05) is 31.2 Å². The van der Waals surface area contributed by atoms with E-state index in [-0.39, 0.29) is 30.4 Å². The number of hydrogen-bond donors (Lipinski definition) is 0. The molecule has 0 atom stereocenters. The summed E-state index contributed by atoms with van der Waals surface area (Å²) < 4.78 is 24.5. The minimum atomic E-state index is -0.365. The molecule has 0 saturated heterocycles. The van der Waals surface area contributed by atoms with Crippen LogP contribution in [0.2, 0.25) is 0 Å². The molecule has 6 heteroatoms. The number of nitrogens with zero attached hydrogens (tertiary/aromatic N) is 1. The normalized spacial score (nSPS) is 10.8. The largest absolute Gasteiger partial charge is 0.462 e. The zero-order valence-electron chi connectivity index (χ0n) is 19.7. The second kappa shape index (κ2) is 10.9. The van der Waals surface area contributed by atoms with Crippen LogP contribution in [0.3, 0.4) is 0 Å². The van der Waals surface area contributed by atoms with Gasteiger partial charge in [-0.3, -0.25) is 9.78 Å². The Labute approximate surface area is 203 Å². The van der Waals surface area contributed by atoms with E-state index in [1.165, 1.54) is 12.1 Å². The number of hydrogen-bond acceptors (Lipinski definition) is 5. The molecule has 5 nitrogen and oxygen atoms in total. The molecular weight excluding hydrogens is 445 g/mol. The second-order valence-electron chi connectivity index (χ2n) is 8.39. The molecule has 0 amide bonds. The fraction of sp³-hybridized carbons (Fsp3) is 0.207. The molecule has 1 aromatic heterocycles. The van der Waals surface area contributed by atoms with Gasteiger partial charge in [-0.15, -0.1) is 0 Å². The molecule has 178 valence electrons. The number of aryl methyl sites for hydroxylation is 1. The number of carbonyl (C=O) groups excluding carboxylic acids is 2. The highest BCUT2D eigenvalue weighted by molar-refractivity contribution is 5.98. The van der Waals surface area contributed by atoms with Gasteiger partial charge in [0.15, 0.2) is 0 Å². The van der Waals surface area contributed by atoms with E-state index in [2.05, 4.69) is 4.98 Å². The molecule has 0 aliphatic carbocycles. The van der Waals surface area contributed by atoms with Gasteiger partial charge >= 0.3 is 5.97 Å². The summed E-state index contributed by atoms with van der Waals surface area (Å²) in [5.41, 5.74) is 3.64. The van der Waals surface area contributed by atoms with Crippen LogP contribution in [-0.4, -0.2) is 23.3 Å². The van der Waals surface area contributed by atoms with Crippen molar-refractivity contribution in [2.45, 2.75) is 33.1 Å². The van der Waals surface area contributed by atoms with E-state index in [0.29, 0.717) is 29.1 Å². The molecule has 4 rings (SSSR count). The van der Waals surface area contributed by atoms with Crippen LogP contribution < -0.4 is 4.74 Å². The number of ether oxygens (including phenoxy) is 2. The maximum Gasteiger partial charge on any atom is 0.338 e. The number of carbonyl (C=O) groups is 2. The smallest absolute Gasteiger partial charge is 0.338 e. The summed E-state index contributed by atoms with van der Waals surface area (Å²) in [6.45, 7) is 4.17. The third kappa shape index (κ3) is 6.09. The Morgan fingerprint density at radius 1 is 0.914 bits per heavy atom. The zero-order chi connectivity index (χ0) is 24.8. The molecule has 0 unspecified atom stereocenters. The number of ketones is 1. The molecular formula is C29H26FNO4. The number of halogens is 1. The lowest BCUT2D eigenvalue weighted by atomic mass is 10.0. The quantitative estimate of drug-likeness (QED) is 0.265. The minimum Gasteiger partial charge on any atom is -0.462 e. The van der Waals surface area contributed by atoms with Crippen molar-refractivity contribution in [2.75, 3.05) is 6.61 Å². The van der Waals surface area contributed by atoms with E-state index >= 15 is 0 Å². The van der Waals surface area contributed by atoms with Gasteiger partial charge in [-0.2, -0.15) is 0 Å². The number of benzene rings is 3. The maximum atomic E-state index is 13.0. The molecule has 0 radical (unpaired) electrons. The van der Waals surface area contributed by atoms with Crippen molar-refractivity contribution in [1.82, 2.24) is 4.98 Å². The molecule has 0 N–H and O–H groups in total. The van der Waals surface area contributed by atoms with Gasteiger partial charge in [0.25, 0.3) is 0 Å². The van der Waals surface area contributed by atoms with Crippen molar-refractivity contribution < 1.29 is 23.5 Å². The van der Waals surface area contributed by atoms with Gasteiger partial charge in [0, 0.05) is 24.4 Å². The van der Waals surface area contributed by atoms with Gasteiger partial charge in [0.05, 0.1) is 17.7 Å². The fourth-order valence-corrected chi connectivity index (χ4v) is 3.78. The van der Waals surface area contributed by atoms with E-state index < -0.39 is 0 Å². The molecule has 0 spiro atoms. The van der Waals surface area contributed by atoms with Crippen LogP contribution >= 0.6 is 0 Å². The van der Waals surface area contributed by atoms with Gasteiger partial charge in [0.1, 0.15) is 23.1 Å². The average molecular weight is 472 g/mol. The highest BCUT2D eigenvalue weighted by Gasteiger charge is 2.15. The Kier molecular flexibility index (Phi) is 7.51. The van der Waals surface area contributed by atoms with Gasteiger partial charge < -0.3 is 9.47 Å². The Morgan fingerprint density at radius 3 is 2.23 bits per heavy atom. The van der Waals surface area contributed by atoms with Crippen molar-refractivity contribution in [3.63, 3.8) is 0 Å². The van der Waals surface area contributed by atoms with E-state index in [1.54, 1.807) is 42.6 Å². The number of rotatable bonds is 9. The molecule has 4 aromatic rings. The first kappa shape index (κ1) is 24.1. The topological polar surface area (TPSA) is 65.5 Å². The van der Waals surface area contributed by atoms with Crippen LogP contribution in [0.15, 0.2) is 72.9 Å². The van der Waals surface area contributed by atoms with E-state index in [0.717, 1.165) is 28.6 Å². The third-order valence-corrected chi connectivity index (χ3v) is 5.57. The summed E-state index contributed by atoms with van der Waals surface area (Å²) in [6, 6.07) is 18.6. The molecule has 0 aliphatic rings. The SMILES string of the molecule is CCCOC(=O)c1cc2c(Oc3ccc(CC(=O)Cc4ccc(F)cc4)cc3)ccnc2cc1C. The second-order valence-corrected chi connectivity index (χ2v) is 8.39. The Hall–Kier alpha value is -4.06. The number of Topliss-reactive ketones (excluding diaryl/α,β-unsaturated/α-hetero) is 1. The first-order valence-electron chi connectivity index (χ1n) is 11.5. The van der Waals surface area contributed by atoms with Crippen LogP contribution in [0.4, 0.5) is 4.39 Å². The summed E-state index contributed by atoms with van der Waals surface area (Å²) in [7, 11) is 0. The van der Waals surface area contributed by atoms with Crippen LogP contribution in [0.25, 0.3) is 10.9 Å². The molecule has 1 heterocycles. The lowest BCUT2D eigenvalue weighted by Gasteiger charge is -2.12. The van der Waals surface area contributed by atoms with Gasteiger partial charge in [-0.25, -0.2) is 9.18 Å². The molecule has 0 aliphatic heterocycles. The first-order chi connectivity index (χ1) is 16.9. The highest BCUT2D eigenvalue weighted by Crippen LogP contribution is 2.31. The average Bonchev–Trinajstić information content (AvgIpc) is 2.85. The summed E-state index contributed by atoms with van der Waals surface area (Å²) in [6.07, 6.45) is 2.94. The maximum absolute atomic E-state index is 13.0. The Balaban J connectivity index is 1.48. The molecule has 3 aromatic carbocycles. The molecule has 0 saturated carbocycles. The fourth-order valence-electron chi connectivity index (χ4n) is 3.78. The van der Waals surface area contributed by atoms with Crippen LogP contribution in [0.5, 0.6) is 11.5 Å². The Morgan fingerprint density at radius 2 is 1.57 bits per heavy atom. The summed E-state index contributed by atoms with van der Waals surface area (Å²) in [4.78, 5) is 29.3. The van der Waals surface area contributed by atoms with Crippen molar-refractivity contribution in [3.8, 4) is 11.5 Å². The predicted octanol–water partition coefficient (Wildman–Crippen LogP) is 6.40. The van der Waals surface area contributed by atoms with Crippen molar-refractivity contribution in [1.29, 1.82) is 0 Å². The van der Waals surface area contributed by atoms with Crippen molar-refractivity contribution >= 4 is 22.7 Å². The Bertz CT molecular complexity index is 1350.